The fourth-order valence-electron chi connectivity index (χ4n) is 2.12. The molecule has 0 bridgehead atoms. The third-order valence-corrected chi connectivity index (χ3v) is 2.80. The van der Waals surface area contributed by atoms with E-state index in [1.54, 1.807) is 0 Å². The molecule has 1 unspecified atom stereocenters. The predicted octanol–water partition coefficient (Wildman–Crippen LogP) is 1.20. The summed E-state index contributed by atoms with van der Waals surface area (Å²) in [6, 6.07) is 0. The summed E-state index contributed by atoms with van der Waals surface area (Å²) in [5.41, 5.74) is 0. The second kappa shape index (κ2) is 3.36. The molecular weight excluding hydrogens is 170 g/mol. The van der Waals surface area contributed by atoms with E-state index in [0.29, 0.717) is 0 Å². The zero-order valence-corrected chi connectivity index (χ0v) is 7.41. The Kier molecular flexibility index (Phi) is 2.20. The highest BCUT2D eigenvalue weighted by Gasteiger charge is 2.38. The summed E-state index contributed by atoms with van der Waals surface area (Å²) in [7, 11) is 0. The lowest BCUT2D eigenvalue weighted by molar-refractivity contribution is -0.126. The van der Waals surface area contributed by atoms with E-state index in [-0.39, 0.29) is 11.8 Å². The lowest BCUT2D eigenvalue weighted by atomic mass is 9.85. The van der Waals surface area contributed by atoms with E-state index in [0.717, 1.165) is 25.7 Å². The van der Waals surface area contributed by atoms with Crippen molar-refractivity contribution in [2.75, 3.05) is 0 Å². The number of carbonyl (C=O) groups is 2. The second-order valence-electron chi connectivity index (χ2n) is 3.71. The molecule has 1 aliphatic heterocycles. The van der Waals surface area contributed by atoms with Gasteiger partial charge in [0.25, 0.3) is 5.91 Å². The van der Waals surface area contributed by atoms with E-state index in [2.05, 4.69) is 5.32 Å². The minimum Gasteiger partial charge on any atom is -0.435 e. The van der Waals surface area contributed by atoms with Gasteiger partial charge in [0.15, 0.2) is 6.10 Å². The summed E-state index contributed by atoms with van der Waals surface area (Å²) in [5.74, 6) is -0.00269. The maximum atomic E-state index is 11.2. The SMILES string of the molecule is O=C1NC(=O)C(C2CCCCC2)O1. The Labute approximate surface area is 76.6 Å². The molecule has 2 amide bonds. The Morgan fingerprint density at radius 1 is 1.15 bits per heavy atom. The summed E-state index contributed by atoms with van der Waals surface area (Å²) >= 11 is 0. The van der Waals surface area contributed by atoms with Crippen LogP contribution in [0.3, 0.4) is 0 Å². The minimum absolute atomic E-state index is 0.250. The lowest BCUT2D eigenvalue weighted by Gasteiger charge is -2.23. The van der Waals surface area contributed by atoms with E-state index in [1.807, 2.05) is 0 Å². The third kappa shape index (κ3) is 1.66. The van der Waals surface area contributed by atoms with Crippen molar-refractivity contribution in [1.82, 2.24) is 5.32 Å². The molecule has 72 valence electrons. The standard InChI is InChI=1S/C9H13NO3/c11-8-7(13-9(12)10-8)6-4-2-1-3-5-6/h6-7H,1-5H2,(H,10,11,12). The number of hydrogen-bond acceptors (Lipinski definition) is 3. The largest absolute Gasteiger partial charge is 0.435 e. The summed E-state index contributed by atoms with van der Waals surface area (Å²) < 4.78 is 4.91. The highest BCUT2D eigenvalue weighted by Crippen LogP contribution is 2.29. The Morgan fingerprint density at radius 2 is 1.85 bits per heavy atom. The van der Waals surface area contributed by atoms with Gasteiger partial charge in [0.2, 0.25) is 0 Å². The van der Waals surface area contributed by atoms with E-state index in [4.69, 9.17) is 4.74 Å². The van der Waals surface area contributed by atoms with Gasteiger partial charge in [-0.05, 0) is 12.8 Å². The molecule has 13 heavy (non-hydrogen) atoms. The van der Waals surface area contributed by atoms with Gasteiger partial charge >= 0.3 is 6.09 Å². The minimum atomic E-state index is -0.583. The number of nitrogens with one attached hydrogen (secondary N) is 1. The summed E-state index contributed by atoms with van der Waals surface area (Å²) in [6.45, 7) is 0. The molecule has 2 aliphatic rings. The van der Waals surface area contributed by atoms with Crippen molar-refractivity contribution in [2.24, 2.45) is 5.92 Å². The van der Waals surface area contributed by atoms with Crippen LogP contribution in [0.1, 0.15) is 32.1 Å². The first kappa shape index (κ1) is 8.53. The molecule has 2 fully saturated rings. The number of imide groups is 1. The molecular formula is C9H13NO3. The average Bonchev–Trinajstić information content (AvgIpc) is 2.47. The summed E-state index contributed by atoms with van der Waals surface area (Å²) in [5, 5.41) is 2.16. The summed E-state index contributed by atoms with van der Waals surface area (Å²) in [6.07, 6.45) is 4.45. The quantitative estimate of drug-likeness (QED) is 0.664. The predicted molar refractivity (Wildman–Crippen MR) is 45.0 cm³/mol. The highest BCUT2D eigenvalue weighted by molar-refractivity contribution is 6.00. The van der Waals surface area contributed by atoms with Gasteiger partial charge < -0.3 is 4.74 Å². The fraction of sp³-hybridized carbons (Fsp3) is 0.778. The van der Waals surface area contributed by atoms with E-state index < -0.39 is 12.2 Å². The van der Waals surface area contributed by atoms with Gasteiger partial charge in [0.1, 0.15) is 0 Å². The topological polar surface area (TPSA) is 55.4 Å². The van der Waals surface area contributed by atoms with Gasteiger partial charge in [-0.15, -0.1) is 0 Å². The first-order chi connectivity index (χ1) is 6.27. The molecule has 1 saturated heterocycles. The Bertz CT molecular complexity index is 233. The van der Waals surface area contributed by atoms with Crippen LogP contribution >= 0.6 is 0 Å². The number of ether oxygens (including phenoxy) is 1. The third-order valence-electron chi connectivity index (χ3n) is 2.80. The fourth-order valence-corrected chi connectivity index (χ4v) is 2.12. The van der Waals surface area contributed by atoms with E-state index >= 15 is 0 Å². The van der Waals surface area contributed by atoms with Crippen LogP contribution < -0.4 is 5.32 Å². The molecule has 1 atom stereocenters. The molecule has 0 spiro atoms. The molecule has 1 N–H and O–H groups in total. The van der Waals surface area contributed by atoms with Gasteiger partial charge in [-0.2, -0.15) is 0 Å². The van der Waals surface area contributed by atoms with Crippen molar-refractivity contribution in [3.8, 4) is 0 Å². The van der Waals surface area contributed by atoms with Crippen LogP contribution in [-0.2, 0) is 9.53 Å². The van der Waals surface area contributed by atoms with Crippen LogP contribution in [0, 0.1) is 5.92 Å². The van der Waals surface area contributed by atoms with Crippen LogP contribution in [0.4, 0.5) is 4.79 Å². The summed E-state index contributed by atoms with van der Waals surface area (Å²) in [4.78, 5) is 22.0. The van der Waals surface area contributed by atoms with Crippen LogP contribution in [0.25, 0.3) is 0 Å². The van der Waals surface area contributed by atoms with E-state index in [9.17, 15) is 9.59 Å². The monoisotopic (exact) mass is 183 g/mol. The molecule has 4 nitrogen and oxygen atoms in total. The molecule has 4 heteroatoms. The van der Waals surface area contributed by atoms with Crippen molar-refractivity contribution >= 4 is 12.0 Å². The van der Waals surface area contributed by atoms with Gasteiger partial charge in [-0.25, -0.2) is 4.79 Å². The normalized spacial score (nSPS) is 30.0. The maximum absolute atomic E-state index is 11.2. The number of hydrogen-bond donors (Lipinski definition) is 1. The van der Waals surface area contributed by atoms with Crippen molar-refractivity contribution in [3.05, 3.63) is 0 Å². The van der Waals surface area contributed by atoms with Crippen molar-refractivity contribution in [1.29, 1.82) is 0 Å². The molecule has 2 rings (SSSR count). The first-order valence-corrected chi connectivity index (χ1v) is 4.79. The van der Waals surface area contributed by atoms with Gasteiger partial charge in [-0.1, -0.05) is 19.3 Å². The zero-order chi connectivity index (χ0) is 9.26. The Hall–Kier alpha value is -1.06. The molecule has 1 aliphatic carbocycles. The Balaban J connectivity index is 1.99. The van der Waals surface area contributed by atoms with Gasteiger partial charge in [-0.3, -0.25) is 10.1 Å². The molecule has 0 aromatic heterocycles. The molecule has 1 heterocycles. The highest BCUT2D eigenvalue weighted by atomic mass is 16.6. The molecule has 0 aromatic rings. The van der Waals surface area contributed by atoms with Crippen molar-refractivity contribution < 1.29 is 14.3 Å². The van der Waals surface area contributed by atoms with Crippen molar-refractivity contribution in [3.63, 3.8) is 0 Å². The Morgan fingerprint density at radius 3 is 2.38 bits per heavy atom. The van der Waals surface area contributed by atoms with Gasteiger partial charge in [0, 0.05) is 5.92 Å². The zero-order valence-electron chi connectivity index (χ0n) is 7.41. The number of carbonyl (C=O) groups excluding carboxylic acids is 2. The smallest absolute Gasteiger partial charge is 0.414 e. The first-order valence-electron chi connectivity index (χ1n) is 4.79. The lowest BCUT2D eigenvalue weighted by Crippen LogP contribution is -2.32. The van der Waals surface area contributed by atoms with Crippen LogP contribution in [-0.4, -0.2) is 18.1 Å². The van der Waals surface area contributed by atoms with Gasteiger partial charge in [0.05, 0.1) is 0 Å². The molecule has 0 aromatic carbocycles. The molecule has 1 saturated carbocycles. The van der Waals surface area contributed by atoms with Crippen molar-refractivity contribution in [2.45, 2.75) is 38.2 Å². The second-order valence-corrected chi connectivity index (χ2v) is 3.71. The van der Waals surface area contributed by atoms with Crippen LogP contribution in [0.2, 0.25) is 0 Å². The number of alkyl carbamates (subject to hydrolysis) is 1. The van der Waals surface area contributed by atoms with E-state index in [1.165, 1.54) is 6.42 Å². The number of cyclic esters (lactones) is 1. The van der Waals surface area contributed by atoms with Crippen LogP contribution in [0.5, 0.6) is 0 Å². The maximum Gasteiger partial charge on any atom is 0.414 e. The molecule has 0 radical (unpaired) electrons. The number of rotatable bonds is 1. The number of amides is 2. The average molecular weight is 183 g/mol. The van der Waals surface area contributed by atoms with Crippen LogP contribution in [0.15, 0.2) is 0 Å².